The number of hydrogen-bond acceptors (Lipinski definition) is 7. The van der Waals surface area contributed by atoms with Gasteiger partial charge in [-0.15, -0.1) is 0 Å². The lowest BCUT2D eigenvalue weighted by Crippen LogP contribution is -2.49. The van der Waals surface area contributed by atoms with Crippen molar-refractivity contribution in [1.82, 2.24) is 0 Å². The van der Waals surface area contributed by atoms with Crippen LogP contribution in [0.1, 0.15) is 80.3 Å². The Balaban J connectivity index is 1.28. The number of carbonyl (C=O) groups excluding carboxylic acids is 2. The Morgan fingerprint density at radius 2 is 2.02 bits per heavy atom. The highest BCUT2D eigenvalue weighted by atomic mass is 35.5. The summed E-state index contributed by atoms with van der Waals surface area (Å²) in [6.07, 6.45) is 10.7. The molecule has 0 unspecified atom stereocenters. The molecule has 2 heterocycles. The van der Waals surface area contributed by atoms with Crippen LogP contribution in [0, 0.1) is 23.7 Å². The van der Waals surface area contributed by atoms with Crippen molar-refractivity contribution in [3.8, 4) is 5.75 Å². The van der Waals surface area contributed by atoms with E-state index in [9.17, 15) is 18.9 Å². The Kier molecular flexibility index (Phi) is 9.52. The fourth-order valence-electron chi connectivity index (χ4n) is 9.04. The fourth-order valence-corrected chi connectivity index (χ4v) is 11.6. The number of aliphatic hydroxyl groups is 1. The van der Waals surface area contributed by atoms with E-state index in [1.54, 1.807) is 20.1 Å². The van der Waals surface area contributed by atoms with Crippen LogP contribution >= 0.6 is 11.6 Å². The summed E-state index contributed by atoms with van der Waals surface area (Å²) < 4.78 is 31.6. The first-order valence-electron chi connectivity index (χ1n) is 17.9. The van der Waals surface area contributed by atoms with Gasteiger partial charge >= 0.3 is 0 Å². The number of ether oxygens (including phenoxy) is 2. The molecule has 1 spiro atoms. The predicted octanol–water partition coefficient (Wildman–Crippen LogP) is 6.79. The van der Waals surface area contributed by atoms with Crippen LogP contribution in [-0.2, 0) is 31.1 Å². The van der Waals surface area contributed by atoms with E-state index in [0.29, 0.717) is 43.3 Å². The van der Waals surface area contributed by atoms with Gasteiger partial charge in [0.2, 0.25) is 0 Å². The molecule has 0 saturated heterocycles. The third kappa shape index (κ3) is 7.10. The summed E-state index contributed by atoms with van der Waals surface area (Å²) in [6, 6.07) is 11.7. The van der Waals surface area contributed by atoms with Crippen molar-refractivity contribution in [2.45, 2.75) is 82.3 Å². The van der Waals surface area contributed by atoms with E-state index >= 15 is 0 Å². The van der Waals surface area contributed by atoms with Crippen molar-refractivity contribution in [3.05, 3.63) is 70.3 Å². The number of hydrogen-bond donors (Lipinski definition) is 1. The van der Waals surface area contributed by atoms with Gasteiger partial charge in [0.05, 0.1) is 39.5 Å². The summed E-state index contributed by atoms with van der Waals surface area (Å²) in [4.78, 5) is 29.6. The normalized spacial score (nSPS) is 36.6. The molecule has 49 heavy (non-hydrogen) atoms. The Morgan fingerprint density at radius 1 is 1.20 bits per heavy atom. The van der Waals surface area contributed by atoms with Gasteiger partial charge in [0.15, 0.2) is 0 Å². The van der Waals surface area contributed by atoms with Gasteiger partial charge in [-0.3, -0.25) is 9.59 Å². The maximum absolute atomic E-state index is 14.5. The van der Waals surface area contributed by atoms with E-state index < -0.39 is 21.2 Å². The molecule has 264 valence electrons. The summed E-state index contributed by atoms with van der Waals surface area (Å²) in [5.74, 6) is 0.118. The lowest BCUT2D eigenvalue weighted by atomic mass is 9.68. The number of aryl methyl sites for hydroxylation is 1. The lowest BCUT2D eigenvalue weighted by molar-refractivity contribution is -0.134. The van der Waals surface area contributed by atoms with E-state index in [4.69, 9.17) is 21.1 Å². The second-order valence-corrected chi connectivity index (χ2v) is 18.6. The van der Waals surface area contributed by atoms with Crippen LogP contribution < -0.4 is 9.64 Å². The highest BCUT2D eigenvalue weighted by Crippen LogP contribution is 2.47. The van der Waals surface area contributed by atoms with Gasteiger partial charge in [0.1, 0.15) is 11.5 Å². The molecular formula is C39H49ClN2O6S. The van der Waals surface area contributed by atoms with Crippen molar-refractivity contribution < 1.29 is 28.4 Å². The van der Waals surface area contributed by atoms with Gasteiger partial charge in [-0.25, -0.2) is 4.21 Å². The van der Waals surface area contributed by atoms with Gasteiger partial charge in [-0.1, -0.05) is 36.7 Å². The fraction of sp³-hybridized carbons (Fsp3) is 0.590. The molecule has 10 heteroatoms. The van der Waals surface area contributed by atoms with Crippen LogP contribution in [0.3, 0.4) is 0 Å². The van der Waals surface area contributed by atoms with Gasteiger partial charge < -0.3 is 19.5 Å². The largest absolute Gasteiger partial charge is 0.490 e. The number of carbonyl (C=O) groups is 2. The van der Waals surface area contributed by atoms with Crippen molar-refractivity contribution in [1.29, 1.82) is 0 Å². The molecule has 2 aromatic carbocycles. The first kappa shape index (κ1) is 34.7. The number of amides is 1. The number of nitrogens with zero attached hydrogens (tertiary/aromatic N) is 2. The molecule has 0 radical (unpaired) electrons. The van der Waals surface area contributed by atoms with Crippen LogP contribution in [-0.4, -0.2) is 71.0 Å². The molecule has 1 N–H and O–H groups in total. The predicted molar refractivity (Wildman–Crippen MR) is 193 cm³/mol. The van der Waals surface area contributed by atoms with Gasteiger partial charge in [-0.2, -0.15) is 4.36 Å². The molecule has 2 aromatic rings. The smallest absolute Gasteiger partial charge is 0.285 e. The van der Waals surface area contributed by atoms with Crippen molar-refractivity contribution >= 4 is 38.7 Å². The third-order valence-electron chi connectivity index (χ3n) is 11.8. The van der Waals surface area contributed by atoms with Crippen LogP contribution in [0.15, 0.2) is 52.9 Å². The highest BCUT2D eigenvalue weighted by molar-refractivity contribution is 7.94. The second kappa shape index (κ2) is 13.4. The number of fused-ring (bicyclic) bond motifs is 4. The summed E-state index contributed by atoms with van der Waals surface area (Å²) in [6.45, 7) is 5.74. The second-order valence-electron chi connectivity index (χ2n) is 15.8. The lowest BCUT2D eigenvalue weighted by Gasteiger charge is -2.46. The van der Waals surface area contributed by atoms with E-state index in [0.717, 1.165) is 61.7 Å². The molecule has 2 fully saturated rings. The Morgan fingerprint density at radius 3 is 2.76 bits per heavy atom. The van der Waals surface area contributed by atoms with E-state index in [2.05, 4.69) is 33.5 Å². The first-order valence-corrected chi connectivity index (χ1v) is 20.1. The summed E-state index contributed by atoms with van der Waals surface area (Å²) in [7, 11) is -1.46. The molecule has 7 rings (SSSR count). The highest BCUT2D eigenvalue weighted by Gasteiger charge is 2.45. The maximum Gasteiger partial charge on any atom is 0.285 e. The molecule has 6 atom stereocenters. The van der Waals surface area contributed by atoms with Gasteiger partial charge in [0, 0.05) is 47.9 Å². The molecule has 0 aromatic heterocycles. The molecule has 2 saturated carbocycles. The molecule has 1 amide bonds. The Labute approximate surface area is 295 Å². The summed E-state index contributed by atoms with van der Waals surface area (Å²) in [5, 5.41) is 11.0. The Bertz CT molecular complexity index is 1770. The number of halogens is 1. The molecular weight excluding hydrogens is 660 g/mol. The average Bonchev–Trinajstić information content (AvgIpc) is 3.17. The third-order valence-corrected chi connectivity index (χ3v) is 14.3. The zero-order valence-corrected chi connectivity index (χ0v) is 30.4. The number of ketones is 1. The van der Waals surface area contributed by atoms with E-state index in [1.807, 2.05) is 25.1 Å². The minimum Gasteiger partial charge on any atom is -0.490 e. The minimum absolute atomic E-state index is 0.0389. The number of benzene rings is 2. The number of Topliss-reactive ketones (excluding diaryl/α,β-unsaturated/α-hetero) is 1. The zero-order valence-electron chi connectivity index (χ0n) is 28.9. The topological polar surface area (TPSA) is 106 Å². The SMILES string of the molecule is CO[C@H]1/C=C/C[C@H](C)C[S@@](=O)(CC(=O)C2CC(C)(O)C2)=NC(=O)c2ccc3c(c2)N(C[C@@H]2CC[C@H]21)C[C@@]1(CCCc2cc(Cl)ccc21)CO3. The number of allylic oxidation sites excluding steroid dienone is 1. The molecule has 8 nitrogen and oxygen atoms in total. The Hall–Kier alpha value is -2.72. The zero-order chi connectivity index (χ0) is 34.6. The van der Waals surface area contributed by atoms with E-state index in [1.165, 1.54) is 11.1 Å². The van der Waals surface area contributed by atoms with Gasteiger partial charge in [-0.05, 0) is 118 Å². The molecule has 5 aliphatic rings. The number of rotatable bonds is 4. The van der Waals surface area contributed by atoms with E-state index in [-0.39, 0.29) is 40.6 Å². The summed E-state index contributed by atoms with van der Waals surface area (Å²) in [5.41, 5.74) is 2.61. The molecule has 2 aliphatic heterocycles. The maximum atomic E-state index is 14.5. The van der Waals surface area contributed by atoms with Crippen molar-refractivity contribution in [2.24, 2.45) is 28.0 Å². The summed E-state index contributed by atoms with van der Waals surface area (Å²) >= 11 is 6.45. The monoisotopic (exact) mass is 708 g/mol. The van der Waals surface area contributed by atoms with Crippen LogP contribution in [0.5, 0.6) is 5.75 Å². The quantitative estimate of drug-likeness (QED) is 0.349. The number of methoxy groups -OCH3 is 1. The van der Waals surface area contributed by atoms with Crippen molar-refractivity contribution in [2.75, 3.05) is 43.2 Å². The average molecular weight is 709 g/mol. The molecule has 2 bridgehead atoms. The number of anilines is 1. The van der Waals surface area contributed by atoms with Gasteiger partial charge in [0.25, 0.3) is 5.91 Å². The van der Waals surface area contributed by atoms with Crippen LogP contribution in [0.2, 0.25) is 5.02 Å². The van der Waals surface area contributed by atoms with Crippen LogP contribution in [0.25, 0.3) is 0 Å². The first-order chi connectivity index (χ1) is 23.4. The van der Waals surface area contributed by atoms with Crippen molar-refractivity contribution in [3.63, 3.8) is 0 Å². The standard InChI is InChI=1S/C39H49ClN2O6S/c1-25-6-4-8-35(47-3)31-12-9-28(31)20-42-23-39(15-5-7-26-16-30(40)11-13-32(26)39)24-48-36-14-10-27(17-33(36)42)37(44)41-49(46,21-25)22-34(43)29-18-38(2,45)19-29/h4,8,10-11,13-14,16-17,25,28-29,31,35,45H,5-7,9,12,15,18-24H2,1-3H3/b8-4+/t25-,28-,29?,31+,35-,38?,39-,49+/m0/s1. The molecule has 3 aliphatic carbocycles. The van der Waals surface area contributed by atoms with Crippen LogP contribution in [0.4, 0.5) is 5.69 Å². The minimum atomic E-state index is -3.23.